The van der Waals surface area contributed by atoms with Crippen molar-refractivity contribution in [3.8, 4) is 0 Å². The van der Waals surface area contributed by atoms with E-state index in [1.807, 2.05) is 11.8 Å². The van der Waals surface area contributed by atoms with Gasteiger partial charge in [0.15, 0.2) is 6.29 Å². The molecule has 0 radical (unpaired) electrons. The molecule has 0 unspecified atom stereocenters. The Morgan fingerprint density at radius 1 is 1.33 bits per heavy atom. The lowest BCUT2D eigenvalue weighted by molar-refractivity contribution is -0.0214. The van der Waals surface area contributed by atoms with E-state index in [1.54, 1.807) is 0 Å². The lowest BCUT2D eigenvalue weighted by atomic mass is 10.7. The Balaban J connectivity index is 1.88. The first-order valence-corrected chi connectivity index (χ1v) is 5.40. The molecule has 1 aliphatic rings. The second kappa shape index (κ2) is 5.80. The molecule has 1 aliphatic heterocycles. The lowest BCUT2D eigenvalue weighted by Crippen LogP contribution is -2.17. The van der Waals surface area contributed by atoms with Crippen LogP contribution in [0.1, 0.15) is 0 Å². The molecule has 0 spiro atoms. The van der Waals surface area contributed by atoms with Crippen molar-refractivity contribution in [3.63, 3.8) is 0 Å². The molecule has 0 amide bonds. The minimum Gasteiger partial charge on any atom is -0.349 e. The third-order valence-electron chi connectivity index (χ3n) is 1.63. The zero-order valence-corrected chi connectivity index (χ0v) is 8.60. The van der Waals surface area contributed by atoms with Gasteiger partial charge in [-0.25, -0.2) is 0 Å². The molecule has 3 nitrogen and oxygen atoms in total. The fourth-order valence-electron chi connectivity index (χ4n) is 0.930. The molecule has 0 aliphatic carbocycles. The van der Waals surface area contributed by atoms with Gasteiger partial charge in [0.25, 0.3) is 0 Å². The van der Waals surface area contributed by atoms with Gasteiger partial charge in [-0.05, 0) is 14.1 Å². The highest BCUT2D eigenvalue weighted by Gasteiger charge is 2.14. The third-order valence-corrected chi connectivity index (χ3v) is 2.61. The molecule has 1 fully saturated rings. The van der Waals surface area contributed by atoms with Crippen LogP contribution < -0.4 is 0 Å². The fraction of sp³-hybridized carbons (Fsp3) is 1.00. The van der Waals surface area contributed by atoms with Crippen LogP contribution in [-0.4, -0.2) is 56.5 Å². The summed E-state index contributed by atoms with van der Waals surface area (Å²) < 4.78 is 10.6. The van der Waals surface area contributed by atoms with Gasteiger partial charge in [-0.2, -0.15) is 11.8 Å². The summed E-state index contributed by atoms with van der Waals surface area (Å²) in [6.07, 6.45) is 0.0529. The van der Waals surface area contributed by atoms with Crippen LogP contribution in [0.25, 0.3) is 0 Å². The van der Waals surface area contributed by atoms with Crippen LogP contribution in [0.2, 0.25) is 0 Å². The van der Waals surface area contributed by atoms with Gasteiger partial charge in [-0.3, -0.25) is 0 Å². The molecule has 12 heavy (non-hydrogen) atoms. The first kappa shape index (κ1) is 10.3. The predicted octanol–water partition coefficient (Wildman–Crippen LogP) is 0.654. The van der Waals surface area contributed by atoms with Crippen molar-refractivity contribution in [2.75, 3.05) is 45.4 Å². The highest BCUT2D eigenvalue weighted by Crippen LogP contribution is 2.11. The SMILES string of the molecule is CN(C)CCSCC1OCCO1. The maximum absolute atomic E-state index is 5.30. The average molecular weight is 191 g/mol. The Morgan fingerprint density at radius 2 is 2.00 bits per heavy atom. The summed E-state index contributed by atoms with van der Waals surface area (Å²) in [6.45, 7) is 2.65. The van der Waals surface area contributed by atoms with E-state index >= 15 is 0 Å². The first-order valence-electron chi connectivity index (χ1n) is 4.25. The van der Waals surface area contributed by atoms with Gasteiger partial charge < -0.3 is 14.4 Å². The number of rotatable bonds is 5. The minimum absolute atomic E-state index is 0.0529. The van der Waals surface area contributed by atoms with Gasteiger partial charge in [0, 0.05) is 18.1 Å². The fourth-order valence-corrected chi connectivity index (χ4v) is 1.98. The van der Waals surface area contributed by atoms with Gasteiger partial charge >= 0.3 is 0 Å². The van der Waals surface area contributed by atoms with Crippen LogP contribution in [0.15, 0.2) is 0 Å². The summed E-state index contributed by atoms with van der Waals surface area (Å²) in [5.74, 6) is 2.12. The maximum atomic E-state index is 5.30. The molecule has 0 N–H and O–H groups in total. The third kappa shape index (κ3) is 4.30. The Hall–Kier alpha value is 0.230. The highest BCUT2D eigenvalue weighted by molar-refractivity contribution is 7.99. The van der Waals surface area contributed by atoms with E-state index in [0.717, 1.165) is 31.3 Å². The molecule has 1 rings (SSSR count). The zero-order valence-electron chi connectivity index (χ0n) is 7.78. The van der Waals surface area contributed by atoms with Gasteiger partial charge in [-0.15, -0.1) is 0 Å². The largest absolute Gasteiger partial charge is 0.349 e. The van der Waals surface area contributed by atoms with Gasteiger partial charge in [-0.1, -0.05) is 0 Å². The number of nitrogens with zero attached hydrogens (tertiary/aromatic N) is 1. The second-order valence-electron chi connectivity index (χ2n) is 3.05. The van der Waals surface area contributed by atoms with Gasteiger partial charge in [0.05, 0.1) is 13.2 Å². The molecule has 0 aromatic heterocycles. The van der Waals surface area contributed by atoms with Crippen LogP contribution >= 0.6 is 11.8 Å². The standard InChI is InChI=1S/C8H17NO2S/c1-9(2)3-6-12-7-8-10-4-5-11-8/h8H,3-7H2,1-2H3. The summed E-state index contributed by atoms with van der Waals surface area (Å²) in [7, 11) is 4.17. The van der Waals surface area contributed by atoms with Crippen molar-refractivity contribution < 1.29 is 9.47 Å². The number of hydrogen-bond acceptors (Lipinski definition) is 4. The van der Waals surface area contributed by atoms with E-state index < -0.39 is 0 Å². The second-order valence-corrected chi connectivity index (χ2v) is 4.20. The quantitative estimate of drug-likeness (QED) is 0.595. The maximum Gasteiger partial charge on any atom is 0.166 e. The molecule has 72 valence electrons. The van der Waals surface area contributed by atoms with Crippen molar-refractivity contribution in [3.05, 3.63) is 0 Å². The van der Waals surface area contributed by atoms with Crippen molar-refractivity contribution >= 4 is 11.8 Å². The molecule has 4 heteroatoms. The molecule has 0 bridgehead atoms. The van der Waals surface area contributed by atoms with Crippen LogP contribution in [0.4, 0.5) is 0 Å². The van der Waals surface area contributed by atoms with Gasteiger partial charge in [0.1, 0.15) is 0 Å². The van der Waals surface area contributed by atoms with Crippen LogP contribution in [0.5, 0.6) is 0 Å². The van der Waals surface area contributed by atoms with E-state index in [9.17, 15) is 0 Å². The van der Waals surface area contributed by atoms with E-state index in [1.165, 1.54) is 0 Å². The summed E-state index contributed by atoms with van der Waals surface area (Å²) in [4.78, 5) is 2.18. The summed E-state index contributed by atoms with van der Waals surface area (Å²) >= 11 is 1.89. The van der Waals surface area contributed by atoms with Gasteiger partial charge in [0.2, 0.25) is 0 Å². The van der Waals surface area contributed by atoms with E-state index in [-0.39, 0.29) is 6.29 Å². The topological polar surface area (TPSA) is 21.7 Å². The predicted molar refractivity (Wildman–Crippen MR) is 51.6 cm³/mol. The van der Waals surface area contributed by atoms with Crippen molar-refractivity contribution in [2.45, 2.75) is 6.29 Å². The number of thioether (sulfide) groups is 1. The zero-order chi connectivity index (χ0) is 8.81. The summed E-state index contributed by atoms with van der Waals surface area (Å²) in [6, 6.07) is 0. The molecule has 0 aromatic rings. The van der Waals surface area contributed by atoms with Crippen LogP contribution in [-0.2, 0) is 9.47 Å². The monoisotopic (exact) mass is 191 g/mol. The summed E-state index contributed by atoms with van der Waals surface area (Å²) in [5.41, 5.74) is 0. The molecule has 1 saturated heterocycles. The normalized spacial score (nSPS) is 19.2. The smallest absolute Gasteiger partial charge is 0.166 e. The van der Waals surface area contributed by atoms with E-state index in [4.69, 9.17) is 9.47 Å². The van der Waals surface area contributed by atoms with Crippen molar-refractivity contribution in [1.29, 1.82) is 0 Å². The number of hydrogen-bond donors (Lipinski definition) is 0. The molecule has 0 atom stereocenters. The molecule has 0 aromatic carbocycles. The van der Waals surface area contributed by atoms with E-state index in [0.29, 0.717) is 0 Å². The van der Waals surface area contributed by atoms with Crippen LogP contribution in [0, 0.1) is 0 Å². The average Bonchev–Trinajstić information content (AvgIpc) is 2.49. The highest BCUT2D eigenvalue weighted by atomic mass is 32.2. The molecular formula is C8H17NO2S. The lowest BCUT2D eigenvalue weighted by Gasteiger charge is -2.10. The molecular weight excluding hydrogens is 174 g/mol. The summed E-state index contributed by atoms with van der Waals surface area (Å²) in [5, 5.41) is 0. The Morgan fingerprint density at radius 3 is 2.58 bits per heavy atom. The van der Waals surface area contributed by atoms with Crippen molar-refractivity contribution in [1.82, 2.24) is 4.90 Å². The van der Waals surface area contributed by atoms with Crippen molar-refractivity contribution in [2.24, 2.45) is 0 Å². The molecule has 0 saturated carbocycles. The molecule has 1 heterocycles. The Bertz CT molecular complexity index is 116. The Kier molecular flexibility index (Phi) is 4.99. The van der Waals surface area contributed by atoms with Crippen LogP contribution in [0.3, 0.4) is 0 Å². The first-order chi connectivity index (χ1) is 5.79. The number of ether oxygens (including phenoxy) is 2. The Labute approximate surface area is 78.4 Å². The van der Waals surface area contributed by atoms with E-state index in [2.05, 4.69) is 19.0 Å². The minimum atomic E-state index is 0.0529.